The molecule has 0 saturated heterocycles. The van der Waals surface area contributed by atoms with Gasteiger partial charge in [-0.05, 0) is 48.3 Å². The molecular weight excluding hydrogens is 250 g/mol. The summed E-state index contributed by atoms with van der Waals surface area (Å²) in [7, 11) is 0. The van der Waals surface area contributed by atoms with Gasteiger partial charge in [0.15, 0.2) is 0 Å². The lowest BCUT2D eigenvalue weighted by Crippen LogP contribution is -2.21. The average molecular weight is 273 g/mol. The molecule has 1 fully saturated rings. The summed E-state index contributed by atoms with van der Waals surface area (Å²) in [6.07, 6.45) is 5.67. The minimum atomic E-state index is -0.356. The second kappa shape index (κ2) is 5.57. The maximum absolute atomic E-state index is 11.4. The van der Waals surface area contributed by atoms with Crippen LogP contribution in [0.15, 0.2) is 18.2 Å². The van der Waals surface area contributed by atoms with Crippen molar-refractivity contribution in [3.05, 3.63) is 29.3 Å². The number of aliphatic hydroxyl groups excluding tert-OH is 1. The maximum Gasteiger partial charge on any atom is 0.224 e. The molecule has 3 heteroatoms. The number of aryl methyl sites for hydroxylation is 1. The largest absolute Gasteiger partial charge is 0.388 e. The van der Waals surface area contributed by atoms with Crippen LogP contribution in [-0.2, 0) is 11.2 Å². The summed E-state index contributed by atoms with van der Waals surface area (Å²) in [4.78, 5) is 11.4. The predicted octanol–water partition coefficient (Wildman–Crippen LogP) is 3.43. The molecule has 108 valence electrons. The van der Waals surface area contributed by atoms with Gasteiger partial charge < -0.3 is 10.4 Å². The molecule has 0 aromatic heterocycles. The zero-order valence-corrected chi connectivity index (χ0v) is 12.1. The van der Waals surface area contributed by atoms with E-state index in [4.69, 9.17) is 0 Å². The third kappa shape index (κ3) is 2.73. The first-order valence-electron chi connectivity index (χ1n) is 7.74. The van der Waals surface area contributed by atoms with Crippen LogP contribution in [0.4, 0.5) is 5.69 Å². The number of carbonyl (C=O) groups excluding carboxylic acids is 1. The van der Waals surface area contributed by atoms with E-state index in [0.717, 1.165) is 42.0 Å². The van der Waals surface area contributed by atoms with Gasteiger partial charge in [0.2, 0.25) is 5.91 Å². The second-order valence-corrected chi connectivity index (χ2v) is 6.43. The van der Waals surface area contributed by atoms with Crippen LogP contribution < -0.4 is 5.32 Å². The monoisotopic (exact) mass is 273 g/mol. The fourth-order valence-electron chi connectivity index (χ4n) is 3.46. The minimum Gasteiger partial charge on any atom is -0.388 e. The van der Waals surface area contributed by atoms with Crippen LogP contribution in [0.5, 0.6) is 0 Å². The second-order valence-electron chi connectivity index (χ2n) is 6.43. The van der Waals surface area contributed by atoms with Gasteiger partial charge in [-0.1, -0.05) is 31.9 Å². The Balaban J connectivity index is 1.75. The lowest BCUT2D eigenvalue weighted by atomic mass is 9.78. The van der Waals surface area contributed by atoms with E-state index in [1.54, 1.807) is 0 Å². The van der Waals surface area contributed by atoms with Crippen molar-refractivity contribution in [3.8, 4) is 0 Å². The van der Waals surface area contributed by atoms with E-state index in [1.807, 2.05) is 12.1 Å². The number of benzene rings is 1. The minimum absolute atomic E-state index is 0.0899. The zero-order chi connectivity index (χ0) is 14.1. The van der Waals surface area contributed by atoms with Crippen LogP contribution in [-0.4, -0.2) is 11.0 Å². The quantitative estimate of drug-likeness (QED) is 0.867. The number of carbonyl (C=O) groups is 1. The number of aliphatic hydroxyl groups is 1. The highest BCUT2D eigenvalue weighted by atomic mass is 16.3. The van der Waals surface area contributed by atoms with E-state index in [0.29, 0.717) is 12.3 Å². The number of anilines is 1. The molecule has 1 aliphatic heterocycles. The van der Waals surface area contributed by atoms with Crippen LogP contribution >= 0.6 is 0 Å². The van der Waals surface area contributed by atoms with Crippen molar-refractivity contribution >= 4 is 11.6 Å². The van der Waals surface area contributed by atoms with E-state index in [2.05, 4.69) is 18.3 Å². The van der Waals surface area contributed by atoms with Crippen molar-refractivity contribution in [2.45, 2.75) is 51.6 Å². The number of rotatable bonds is 2. The third-order valence-corrected chi connectivity index (χ3v) is 4.87. The van der Waals surface area contributed by atoms with E-state index < -0.39 is 0 Å². The fraction of sp³-hybridized carbons (Fsp3) is 0.588. The van der Waals surface area contributed by atoms with Crippen LogP contribution in [0.25, 0.3) is 0 Å². The van der Waals surface area contributed by atoms with E-state index >= 15 is 0 Å². The summed E-state index contributed by atoms with van der Waals surface area (Å²) in [6, 6.07) is 5.99. The molecule has 2 N–H and O–H groups in total. The Labute approximate surface area is 120 Å². The first kappa shape index (κ1) is 13.6. The lowest BCUT2D eigenvalue weighted by molar-refractivity contribution is -0.116. The van der Waals surface area contributed by atoms with Gasteiger partial charge in [-0.15, -0.1) is 0 Å². The molecule has 1 saturated carbocycles. The van der Waals surface area contributed by atoms with Crippen molar-refractivity contribution in [2.24, 2.45) is 11.8 Å². The van der Waals surface area contributed by atoms with Crippen LogP contribution in [0, 0.1) is 11.8 Å². The van der Waals surface area contributed by atoms with Crippen molar-refractivity contribution in [1.82, 2.24) is 0 Å². The summed E-state index contributed by atoms with van der Waals surface area (Å²) in [6.45, 7) is 2.30. The summed E-state index contributed by atoms with van der Waals surface area (Å²) < 4.78 is 0. The number of fused-ring (bicyclic) bond motifs is 1. The first-order valence-corrected chi connectivity index (χ1v) is 7.74. The Hall–Kier alpha value is -1.35. The van der Waals surface area contributed by atoms with Gasteiger partial charge in [-0.25, -0.2) is 0 Å². The highest BCUT2D eigenvalue weighted by Crippen LogP contribution is 2.37. The van der Waals surface area contributed by atoms with E-state index in [-0.39, 0.29) is 12.0 Å². The predicted molar refractivity (Wildman–Crippen MR) is 79.5 cm³/mol. The van der Waals surface area contributed by atoms with E-state index in [1.165, 1.54) is 12.8 Å². The zero-order valence-electron chi connectivity index (χ0n) is 12.1. The maximum atomic E-state index is 11.4. The molecule has 1 aromatic carbocycles. The number of nitrogens with one attached hydrogen (secondary N) is 1. The van der Waals surface area contributed by atoms with Crippen molar-refractivity contribution < 1.29 is 9.90 Å². The van der Waals surface area contributed by atoms with Crippen LogP contribution in [0.2, 0.25) is 0 Å². The molecule has 2 aliphatic rings. The molecule has 1 heterocycles. The van der Waals surface area contributed by atoms with Crippen LogP contribution in [0.3, 0.4) is 0 Å². The number of hydrogen-bond donors (Lipinski definition) is 2. The van der Waals surface area contributed by atoms with Gasteiger partial charge in [0.1, 0.15) is 0 Å². The van der Waals surface area contributed by atoms with Gasteiger partial charge in [0.05, 0.1) is 6.10 Å². The molecule has 1 aliphatic carbocycles. The standard InChI is InChI=1S/C17H23NO2/c1-11-2-4-12(5-3-11)17(20)14-6-8-15-13(10-14)7-9-16(19)18-15/h6,8,10-12,17,20H,2-5,7,9H2,1H3,(H,18,19). The normalized spacial score (nSPS) is 27.6. The molecule has 1 atom stereocenters. The fourth-order valence-corrected chi connectivity index (χ4v) is 3.46. The van der Waals surface area contributed by atoms with Crippen molar-refractivity contribution in [3.63, 3.8) is 0 Å². The summed E-state index contributed by atoms with van der Waals surface area (Å²) in [5, 5.41) is 13.5. The molecule has 3 rings (SSSR count). The Morgan fingerprint density at radius 2 is 1.95 bits per heavy atom. The highest BCUT2D eigenvalue weighted by molar-refractivity contribution is 5.93. The summed E-state index contributed by atoms with van der Waals surface area (Å²) in [5.74, 6) is 1.28. The van der Waals surface area contributed by atoms with Gasteiger partial charge in [-0.2, -0.15) is 0 Å². The van der Waals surface area contributed by atoms with Gasteiger partial charge in [-0.3, -0.25) is 4.79 Å². The Morgan fingerprint density at radius 3 is 2.70 bits per heavy atom. The van der Waals surface area contributed by atoms with Gasteiger partial charge in [0.25, 0.3) is 0 Å². The highest BCUT2D eigenvalue weighted by Gasteiger charge is 2.26. The summed E-state index contributed by atoms with van der Waals surface area (Å²) in [5.41, 5.74) is 3.08. The van der Waals surface area contributed by atoms with Crippen molar-refractivity contribution in [1.29, 1.82) is 0 Å². The van der Waals surface area contributed by atoms with E-state index in [9.17, 15) is 9.90 Å². The Bertz CT molecular complexity index is 504. The molecular formula is C17H23NO2. The Morgan fingerprint density at radius 1 is 1.20 bits per heavy atom. The topological polar surface area (TPSA) is 49.3 Å². The number of hydrogen-bond acceptors (Lipinski definition) is 2. The molecule has 0 spiro atoms. The van der Waals surface area contributed by atoms with Gasteiger partial charge >= 0.3 is 0 Å². The lowest BCUT2D eigenvalue weighted by Gasteiger charge is -2.30. The molecule has 0 bridgehead atoms. The van der Waals surface area contributed by atoms with Crippen LogP contribution in [0.1, 0.15) is 56.3 Å². The third-order valence-electron chi connectivity index (χ3n) is 4.87. The smallest absolute Gasteiger partial charge is 0.224 e. The average Bonchev–Trinajstić information content (AvgIpc) is 2.47. The molecule has 0 radical (unpaired) electrons. The molecule has 3 nitrogen and oxygen atoms in total. The van der Waals surface area contributed by atoms with Gasteiger partial charge in [0, 0.05) is 12.1 Å². The first-order chi connectivity index (χ1) is 9.63. The molecule has 1 amide bonds. The number of amides is 1. The van der Waals surface area contributed by atoms with Crippen molar-refractivity contribution in [2.75, 3.05) is 5.32 Å². The molecule has 20 heavy (non-hydrogen) atoms. The molecule has 1 aromatic rings. The summed E-state index contributed by atoms with van der Waals surface area (Å²) >= 11 is 0. The Kier molecular flexibility index (Phi) is 3.79. The SMILES string of the molecule is CC1CCC(C(O)c2ccc3c(c2)CCC(=O)N3)CC1. The molecule has 1 unspecified atom stereocenters.